The van der Waals surface area contributed by atoms with Gasteiger partial charge in [-0.15, -0.1) is 21.5 Å². The Morgan fingerprint density at radius 3 is 2.29 bits per heavy atom. The van der Waals surface area contributed by atoms with Crippen molar-refractivity contribution in [2.45, 2.75) is 18.2 Å². The SMILES string of the molecule is CCc1ccc(S(=O)(=O)N2CCN(c3ccc(-c4cccs4)nn3)CC2)cc1. The minimum atomic E-state index is -3.46. The summed E-state index contributed by atoms with van der Waals surface area (Å²) in [6.07, 6.45) is 0.894. The van der Waals surface area contributed by atoms with Gasteiger partial charge in [0.1, 0.15) is 5.69 Å². The van der Waals surface area contributed by atoms with Gasteiger partial charge in [-0.2, -0.15) is 4.31 Å². The van der Waals surface area contributed by atoms with Gasteiger partial charge in [0.2, 0.25) is 10.0 Å². The summed E-state index contributed by atoms with van der Waals surface area (Å²) in [7, 11) is -3.46. The first-order valence-corrected chi connectivity index (χ1v) is 11.6. The number of hydrogen-bond donors (Lipinski definition) is 0. The molecule has 4 rings (SSSR count). The highest BCUT2D eigenvalue weighted by atomic mass is 32.2. The predicted molar refractivity (Wildman–Crippen MR) is 112 cm³/mol. The van der Waals surface area contributed by atoms with Crippen molar-refractivity contribution in [3.63, 3.8) is 0 Å². The van der Waals surface area contributed by atoms with Crippen molar-refractivity contribution in [2.24, 2.45) is 0 Å². The highest BCUT2D eigenvalue weighted by Crippen LogP contribution is 2.24. The van der Waals surface area contributed by atoms with Crippen molar-refractivity contribution in [3.05, 3.63) is 59.5 Å². The fraction of sp³-hybridized carbons (Fsp3) is 0.300. The van der Waals surface area contributed by atoms with Crippen LogP contribution < -0.4 is 4.90 Å². The highest BCUT2D eigenvalue weighted by Gasteiger charge is 2.29. The number of nitrogens with zero attached hydrogens (tertiary/aromatic N) is 4. The third kappa shape index (κ3) is 3.80. The van der Waals surface area contributed by atoms with E-state index in [1.807, 2.05) is 41.8 Å². The van der Waals surface area contributed by atoms with Crippen LogP contribution in [0.2, 0.25) is 0 Å². The number of anilines is 1. The number of sulfonamides is 1. The van der Waals surface area contributed by atoms with Crippen molar-refractivity contribution in [3.8, 4) is 10.6 Å². The summed E-state index contributed by atoms with van der Waals surface area (Å²) in [4.78, 5) is 3.53. The first-order valence-electron chi connectivity index (χ1n) is 9.29. The molecule has 8 heteroatoms. The van der Waals surface area contributed by atoms with E-state index in [4.69, 9.17) is 0 Å². The number of piperazine rings is 1. The molecule has 0 radical (unpaired) electrons. The topological polar surface area (TPSA) is 66.4 Å². The van der Waals surface area contributed by atoms with Crippen molar-refractivity contribution in [1.29, 1.82) is 0 Å². The predicted octanol–water partition coefficient (Wildman–Crippen LogP) is 3.28. The molecule has 6 nitrogen and oxygen atoms in total. The molecule has 2 aromatic heterocycles. The molecular formula is C20H22N4O2S2. The quantitative estimate of drug-likeness (QED) is 0.641. The molecule has 1 aliphatic heterocycles. The van der Waals surface area contributed by atoms with Gasteiger partial charge in [0.15, 0.2) is 5.82 Å². The van der Waals surface area contributed by atoms with E-state index in [0.717, 1.165) is 28.4 Å². The van der Waals surface area contributed by atoms with Crippen molar-refractivity contribution in [1.82, 2.24) is 14.5 Å². The molecule has 0 aliphatic carbocycles. The molecule has 1 saturated heterocycles. The number of rotatable bonds is 5. The summed E-state index contributed by atoms with van der Waals surface area (Å²) in [6.45, 7) is 4.12. The summed E-state index contributed by atoms with van der Waals surface area (Å²) in [5.41, 5.74) is 1.99. The van der Waals surface area contributed by atoms with E-state index < -0.39 is 10.0 Å². The standard InChI is InChI=1S/C20H22N4O2S2/c1-2-16-5-7-17(8-6-16)28(25,26)24-13-11-23(12-14-24)20-10-9-18(21-22-20)19-4-3-15-27-19/h3-10,15H,2,11-14H2,1H3. The second-order valence-corrected chi connectivity index (χ2v) is 9.53. The number of hydrogen-bond acceptors (Lipinski definition) is 6. The Balaban J connectivity index is 1.42. The van der Waals surface area contributed by atoms with Crippen molar-refractivity contribution < 1.29 is 8.42 Å². The molecule has 0 N–H and O–H groups in total. The molecule has 0 amide bonds. The zero-order valence-corrected chi connectivity index (χ0v) is 17.3. The number of thiophene rings is 1. The van der Waals surface area contributed by atoms with Crippen LogP contribution >= 0.6 is 11.3 Å². The largest absolute Gasteiger partial charge is 0.352 e. The van der Waals surface area contributed by atoms with Gasteiger partial charge >= 0.3 is 0 Å². The lowest BCUT2D eigenvalue weighted by atomic mass is 10.2. The molecule has 0 saturated carbocycles. The first kappa shape index (κ1) is 19.0. The molecule has 3 aromatic rings. The summed E-state index contributed by atoms with van der Waals surface area (Å²) in [5.74, 6) is 0.782. The zero-order valence-electron chi connectivity index (χ0n) is 15.7. The van der Waals surface area contributed by atoms with Crippen molar-refractivity contribution >= 4 is 27.2 Å². The number of aromatic nitrogens is 2. The van der Waals surface area contributed by atoms with Crippen LogP contribution in [0.4, 0.5) is 5.82 Å². The minimum Gasteiger partial charge on any atom is -0.352 e. The normalized spacial score (nSPS) is 15.7. The van der Waals surface area contributed by atoms with Crippen LogP contribution in [0.3, 0.4) is 0 Å². The van der Waals surface area contributed by atoms with Gasteiger partial charge in [-0.05, 0) is 47.7 Å². The Morgan fingerprint density at radius 2 is 1.71 bits per heavy atom. The monoisotopic (exact) mass is 414 g/mol. The second-order valence-electron chi connectivity index (χ2n) is 6.64. The maximum absolute atomic E-state index is 12.9. The molecule has 28 heavy (non-hydrogen) atoms. The maximum Gasteiger partial charge on any atom is 0.243 e. The molecule has 146 valence electrons. The van der Waals surface area contributed by atoms with Gasteiger partial charge in [0.05, 0.1) is 9.77 Å². The summed E-state index contributed by atoms with van der Waals surface area (Å²) < 4.78 is 27.3. The molecule has 1 fully saturated rings. The Morgan fingerprint density at radius 1 is 0.964 bits per heavy atom. The molecule has 0 unspecified atom stereocenters. The van der Waals surface area contributed by atoms with Crippen LogP contribution in [0.5, 0.6) is 0 Å². The van der Waals surface area contributed by atoms with Crippen LogP contribution in [0.25, 0.3) is 10.6 Å². The molecular weight excluding hydrogens is 392 g/mol. The number of aryl methyl sites for hydroxylation is 1. The molecule has 0 bridgehead atoms. The molecule has 1 aromatic carbocycles. The lowest BCUT2D eigenvalue weighted by Crippen LogP contribution is -2.49. The molecule has 3 heterocycles. The van der Waals surface area contributed by atoms with E-state index in [0.29, 0.717) is 31.1 Å². The van der Waals surface area contributed by atoms with Gasteiger partial charge in [0.25, 0.3) is 0 Å². The molecule has 0 atom stereocenters. The van der Waals surface area contributed by atoms with Gasteiger partial charge in [-0.3, -0.25) is 0 Å². The lowest BCUT2D eigenvalue weighted by Gasteiger charge is -2.34. The Hall–Kier alpha value is -2.29. The third-order valence-electron chi connectivity index (χ3n) is 4.96. The van der Waals surface area contributed by atoms with E-state index in [9.17, 15) is 8.42 Å². The Labute approximate surface area is 169 Å². The lowest BCUT2D eigenvalue weighted by molar-refractivity contribution is 0.383. The van der Waals surface area contributed by atoms with Crippen LogP contribution in [0.1, 0.15) is 12.5 Å². The first-order chi connectivity index (χ1) is 13.6. The summed E-state index contributed by atoms with van der Waals surface area (Å²) >= 11 is 1.63. The summed E-state index contributed by atoms with van der Waals surface area (Å²) in [5, 5.41) is 10.7. The average molecular weight is 415 g/mol. The van der Waals surface area contributed by atoms with E-state index >= 15 is 0 Å². The van der Waals surface area contributed by atoms with Crippen LogP contribution in [-0.4, -0.2) is 49.1 Å². The van der Waals surface area contributed by atoms with E-state index in [2.05, 4.69) is 22.0 Å². The maximum atomic E-state index is 12.9. The average Bonchev–Trinajstić information content (AvgIpc) is 3.29. The van der Waals surface area contributed by atoms with E-state index in [1.54, 1.807) is 27.8 Å². The number of benzene rings is 1. The minimum absolute atomic E-state index is 0.359. The molecule has 0 spiro atoms. The van der Waals surface area contributed by atoms with Gasteiger partial charge < -0.3 is 4.90 Å². The summed E-state index contributed by atoms with van der Waals surface area (Å²) in [6, 6.07) is 15.1. The van der Waals surface area contributed by atoms with E-state index in [1.165, 1.54) is 0 Å². The van der Waals surface area contributed by atoms with E-state index in [-0.39, 0.29) is 0 Å². The van der Waals surface area contributed by atoms with Crippen molar-refractivity contribution in [2.75, 3.05) is 31.1 Å². The van der Waals surface area contributed by atoms with Crippen LogP contribution in [-0.2, 0) is 16.4 Å². The third-order valence-corrected chi connectivity index (χ3v) is 7.76. The zero-order chi connectivity index (χ0) is 19.6. The Kier molecular flexibility index (Phi) is 5.43. The molecule has 1 aliphatic rings. The van der Waals surface area contributed by atoms with Crippen LogP contribution in [0.15, 0.2) is 58.8 Å². The Bertz CT molecular complexity index is 1010. The fourth-order valence-electron chi connectivity index (χ4n) is 3.25. The van der Waals surface area contributed by atoms with Gasteiger partial charge in [0, 0.05) is 26.2 Å². The highest BCUT2D eigenvalue weighted by molar-refractivity contribution is 7.89. The van der Waals surface area contributed by atoms with Gasteiger partial charge in [-0.1, -0.05) is 25.1 Å². The van der Waals surface area contributed by atoms with Gasteiger partial charge in [-0.25, -0.2) is 8.42 Å². The van der Waals surface area contributed by atoms with Crippen LogP contribution in [0, 0.1) is 0 Å². The second kappa shape index (κ2) is 7.98. The smallest absolute Gasteiger partial charge is 0.243 e. The fourth-order valence-corrected chi connectivity index (χ4v) is 5.37.